The minimum absolute atomic E-state index is 0.0117. The fourth-order valence-electron chi connectivity index (χ4n) is 3.98. The van der Waals surface area contributed by atoms with Gasteiger partial charge in [0.2, 0.25) is 11.8 Å². The Morgan fingerprint density at radius 1 is 1.18 bits per heavy atom. The summed E-state index contributed by atoms with van der Waals surface area (Å²) in [4.78, 5) is 26.2. The minimum Gasteiger partial charge on any atom is -0.352 e. The van der Waals surface area contributed by atoms with E-state index in [-0.39, 0.29) is 23.6 Å². The number of hydrogen-bond donors (Lipinski definition) is 1. The molecule has 2 amide bonds. The van der Waals surface area contributed by atoms with Gasteiger partial charge in [-0.15, -0.1) is 10.2 Å². The Balaban J connectivity index is 1.56. The summed E-state index contributed by atoms with van der Waals surface area (Å²) in [6.45, 7) is 4.79. The van der Waals surface area contributed by atoms with Gasteiger partial charge in [-0.25, -0.2) is 0 Å². The Bertz CT molecular complexity index is 1150. The van der Waals surface area contributed by atoms with Gasteiger partial charge in [0.15, 0.2) is 11.0 Å². The van der Waals surface area contributed by atoms with Gasteiger partial charge >= 0.3 is 0 Å². The van der Waals surface area contributed by atoms with Gasteiger partial charge in [0, 0.05) is 42.3 Å². The quantitative estimate of drug-likeness (QED) is 0.533. The van der Waals surface area contributed by atoms with E-state index in [1.807, 2.05) is 58.9 Å². The molecule has 7 nitrogen and oxygen atoms in total. The van der Waals surface area contributed by atoms with Gasteiger partial charge < -0.3 is 10.2 Å². The predicted molar refractivity (Wildman–Crippen MR) is 131 cm³/mol. The molecule has 0 spiro atoms. The number of piperidine rings is 1. The fraction of sp³-hybridized carbons (Fsp3) is 0.333. The monoisotopic (exact) mass is 483 g/mol. The van der Waals surface area contributed by atoms with Crippen molar-refractivity contribution in [3.05, 3.63) is 59.1 Å². The first-order valence-electron chi connectivity index (χ1n) is 10.9. The van der Waals surface area contributed by atoms with Crippen LogP contribution in [0.3, 0.4) is 0 Å². The topological polar surface area (TPSA) is 80.1 Å². The van der Waals surface area contributed by atoms with Crippen molar-refractivity contribution in [1.82, 2.24) is 25.0 Å². The van der Waals surface area contributed by atoms with Crippen LogP contribution in [0.15, 0.2) is 53.7 Å². The lowest BCUT2D eigenvalue weighted by Gasteiger charge is -2.33. The fourth-order valence-corrected chi connectivity index (χ4v) is 4.96. The van der Waals surface area contributed by atoms with Crippen LogP contribution >= 0.6 is 23.4 Å². The maximum absolute atomic E-state index is 12.9. The molecule has 2 heterocycles. The van der Waals surface area contributed by atoms with Gasteiger partial charge in [0.05, 0.1) is 5.75 Å². The summed E-state index contributed by atoms with van der Waals surface area (Å²) in [5, 5.41) is 13.1. The molecule has 172 valence electrons. The molecule has 1 aliphatic rings. The van der Waals surface area contributed by atoms with Crippen LogP contribution in [-0.4, -0.2) is 56.4 Å². The average molecular weight is 484 g/mol. The lowest BCUT2D eigenvalue weighted by Crippen LogP contribution is -2.49. The second-order valence-electron chi connectivity index (χ2n) is 8.16. The Labute approximate surface area is 202 Å². The third-order valence-electron chi connectivity index (χ3n) is 5.50. The van der Waals surface area contributed by atoms with Gasteiger partial charge in [-0.05, 0) is 61.7 Å². The number of hydrogen-bond acceptors (Lipinski definition) is 5. The number of aromatic nitrogens is 3. The van der Waals surface area contributed by atoms with Crippen LogP contribution in [0.5, 0.6) is 0 Å². The van der Waals surface area contributed by atoms with E-state index in [1.54, 1.807) is 0 Å². The summed E-state index contributed by atoms with van der Waals surface area (Å²) in [6.07, 6.45) is 1.77. The third-order valence-corrected chi connectivity index (χ3v) is 6.67. The van der Waals surface area contributed by atoms with Crippen LogP contribution in [0.2, 0.25) is 5.02 Å². The lowest BCUT2D eigenvalue weighted by atomic mass is 10.1. The van der Waals surface area contributed by atoms with E-state index in [1.165, 1.54) is 18.7 Å². The molecule has 4 rings (SSSR count). The normalized spacial score (nSPS) is 16.0. The van der Waals surface area contributed by atoms with Gasteiger partial charge in [-0.1, -0.05) is 35.5 Å². The van der Waals surface area contributed by atoms with E-state index in [4.69, 9.17) is 11.6 Å². The number of carbonyl (C=O) groups excluding carboxylic acids is 2. The number of benzene rings is 2. The second kappa shape index (κ2) is 10.4. The van der Waals surface area contributed by atoms with Crippen LogP contribution in [-0.2, 0) is 9.59 Å². The van der Waals surface area contributed by atoms with Crippen molar-refractivity contribution < 1.29 is 9.59 Å². The smallest absolute Gasteiger partial charge is 0.233 e. The maximum atomic E-state index is 12.9. The number of nitrogens with one attached hydrogen (secondary N) is 1. The SMILES string of the molecule is CC(=O)NC1CCCN(C(=O)CSc2nnc(-c3ccc(Cl)cc3)n2-c2cccc(C)c2)C1. The van der Waals surface area contributed by atoms with Crippen molar-refractivity contribution in [2.24, 2.45) is 0 Å². The Morgan fingerprint density at radius 2 is 1.97 bits per heavy atom. The molecular weight excluding hydrogens is 458 g/mol. The molecule has 1 aromatic heterocycles. The zero-order valence-electron chi connectivity index (χ0n) is 18.6. The molecule has 1 N–H and O–H groups in total. The molecule has 1 saturated heterocycles. The number of rotatable bonds is 6. The number of nitrogens with zero attached hydrogens (tertiary/aromatic N) is 4. The highest BCUT2D eigenvalue weighted by Gasteiger charge is 2.25. The third kappa shape index (κ3) is 5.75. The largest absolute Gasteiger partial charge is 0.352 e. The van der Waals surface area contributed by atoms with Crippen LogP contribution in [0.1, 0.15) is 25.3 Å². The molecule has 1 atom stereocenters. The highest BCUT2D eigenvalue weighted by molar-refractivity contribution is 7.99. The van der Waals surface area contributed by atoms with Gasteiger partial charge in [0.25, 0.3) is 0 Å². The van der Waals surface area contributed by atoms with Crippen molar-refractivity contribution in [3.63, 3.8) is 0 Å². The number of halogens is 1. The standard InChI is InChI=1S/C24H26ClN5O2S/c1-16-5-3-7-21(13-16)30-23(18-8-10-19(25)11-9-18)27-28-24(30)33-15-22(32)29-12-4-6-20(14-29)26-17(2)31/h3,5,7-11,13,20H,4,6,12,14-15H2,1-2H3,(H,26,31). The van der Waals surface area contributed by atoms with Gasteiger partial charge in [0.1, 0.15) is 0 Å². The van der Waals surface area contributed by atoms with Crippen molar-refractivity contribution in [3.8, 4) is 17.1 Å². The molecule has 9 heteroatoms. The minimum atomic E-state index is -0.0651. The Kier molecular flexibility index (Phi) is 7.35. The second-order valence-corrected chi connectivity index (χ2v) is 9.53. The molecule has 0 bridgehead atoms. The summed E-state index contributed by atoms with van der Waals surface area (Å²) in [6, 6.07) is 15.6. The molecule has 2 aromatic carbocycles. The first kappa shape index (κ1) is 23.3. The number of carbonyl (C=O) groups is 2. The molecule has 3 aromatic rings. The maximum Gasteiger partial charge on any atom is 0.233 e. The highest BCUT2D eigenvalue weighted by atomic mass is 35.5. The van der Waals surface area contributed by atoms with E-state index in [9.17, 15) is 9.59 Å². The van der Waals surface area contributed by atoms with E-state index >= 15 is 0 Å². The molecule has 1 unspecified atom stereocenters. The first-order valence-corrected chi connectivity index (χ1v) is 12.2. The van der Waals surface area contributed by atoms with E-state index in [0.717, 1.165) is 29.7 Å². The summed E-state index contributed by atoms with van der Waals surface area (Å²) in [5.74, 6) is 0.902. The Hall–Kier alpha value is -2.84. The zero-order valence-corrected chi connectivity index (χ0v) is 20.2. The van der Waals surface area contributed by atoms with Gasteiger partial charge in [-0.2, -0.15) is 0 Å². The van der Waals surface area contributed by atoms with E-state index in [0.29, 0.717) is 29.1 Å². The van der Waals surface area contributed by atoms with Gasteiger partial charge in [-0.3, -0.25) is 14.2 Å². The molecule has 0 radical (unpaired) electrons. The average Bonchev–Trinajstić information content (AvgIpc) is 3.21. The molecule has 0 saturated carbocycles. The number of thioether (sulfide) groups is 1. The summed E-state index contributed by atoms with van der Waals surface area (Å²) >= 11 is 7.43. The number of aryl methyl sites for hydroxylation is 1. The van der Waals surface area contributed by atoms with Crippen LogP contribution < -0.4 is 5.32 Å². The van der Waals surface area contributed by atoms with Crippen molar-refractivity contribution >= 4 is 35.2 Å². The molecule has 33 heavy (non-hydrogen) atoms. The molecule has 1 fully saturated rings. The summed E-state index contributed by atoms with van der Waals surface area (Å²) < 4.78 is 1.98. The van der Waals surface area contributed by atoms with E-state index in [2.05, 4.69) is 21.6 Å². The van der Waals surface area contributed by atoms with Crippen molar-refractivity contribution in [2.75, 3.05) is 18.8 Å². The van der Waals surface area contributed by atoms with Crippen LogP contribution in [0, 0.1) is 6.92 Å². The summed E-state index contributed by atoms with van der Waals surface area (Å²) in [5.41, 5.74) is 2.94. The Morgan fingerprint density at radius 3 is 2.70 bits per heavy atom. The zero-order chi connectivity index (χ0) is 23.4. The molecule has 1 aliphatic heterocycles. The molecular formula is C24H26ClN5O2S. The van der Waals surface area contributed by atoms with Crippen molar-refractivity contribution in [2.45, 2.75) is 37.9 Å². The predicted octanol–water partition coefficient (Wildman–Crippen LogP) is 4.12. The van der Waals surface area contributed by atoms with Crippen molar-refractivity contribution in [1.29, 1.82) is 0 Å². The van der Waals surface area contributed by atoms with Crippen LogP contribution in [0.4, 0.5) is 0 Å². The lowest BCUT2D eigenvalue weighted by molar-refractivity contribution is -0.130. The van der Waals surface area contributed by atoms with Crippen LogP contribution in [0.25, 0.3) is 17.1 Å². The van der Waals surface area contributed by atoms with E-state index < -0.39 is 0 Å². The summed E-state index contributed by atoms with van der Waals surface area (Å²) in [7, 11) is 0. The number of likely N-dealkylation sites (tertiary alicyclic amines) is 1. The molecule has 0 aliphatic carbocycles. The number of amides is 2. The highest BCUT2D eigenvalue weighted by Crippen LogP contribution is 2.29. The first-order chi connectivity index (χ1) is 15.9.